The molecule has 1 aromatic heterocycles. The maximum absolute atomic E-state index is 11.7. The first-order chi connectivity index (χ1) is 12.3. The third kappa shape index (κ3) is 4.58. The third-order valence-corrected chi connectivity index (χ3v) is 6.36. The summed E-state index contributed by atoms with van der Waals surface area (Å²) in [6, 6.07) is 11.3. The topological polar surface area (TPSA) is 64.1 Å². The minimum absolute atomic E-state index is 0.113. The van der Waals surface area contributed by atoms with Crippen LogP contribution >= 0.6 is 0 Å². The summed E-state index contributed by atoms with van der Waals surface area (Å²) in [7, 11) is -3.20. The summed E-state index contributed by atoms with van der Waals surface area (Å²) in [5.74, 6) is 0.974. The van der Waals surface area contributed by atoms with Crippen LogP contribution in [0.2, 0.25) is 0 Å². The van der Waals surface area contributed by atoms with Gasteiger partial charge in [-0.15, -0.1) is 0 Å². The number of benzene rings is 1. The predicted molar refractivity (Wildman–Crippen MR) is 102 cm³/mol. The molecule has 5 heteroatoms. The number of Topliss-reactive ketones (excluding diaryl/α,β-unsaturated/α-hetero) is 1. The Bertz CT molecular complexity index is 860. The molecule has 0 amide bonds. The molecule has 0 bridgehead atoms. The van der Waals surface area contributed by atoms with Crippen molar-refractivity contribution in [3.63, 3.8) is 0 Å². The van der Waals surface area contributed by atoms with E-state index >= 15 is 0 Å². The van der Waals surface area contributed by atoms with E-state index in [1.54, 1.807) is 12.1 Å². The molecule has 1 unspecified atom stereocenters. The number of aryl methyl sites for hydroxylation is 1. The molecule has 2 aromatic rings. The van der Waals surface area contributed by atoms with E-state index < -0.39 is 9.84 Å². The van der Waals surface area contributed by atoms with Crippen LogP contribution in [0.5, 0.6) is 0 Å². The van der Waals surface area contributed by atoms with Crippen LogP contribution in [0.15, 0.2) is 47.5 Å². The monoisotopic (exact) mass is 371 g/mol. The van der Waals surface area contributed by atoms with Crippen molar-refractivity contribution >= 4 is 15.6 Å². The molecule has 3 rings (SSSR count). The van der Waals surface area contributed by atoms with E-state index in [9.17, 15) is 13.2 Å². The van der Waals surface area contributed by atoms with Crippen molar-refractivity contribution < 1.29 is 13.2 Å². The summed E-state index contributed by atoms with van der Waals surface area (Å²) < 4.78 is 23.4. The SMILES string of the molecule is Cc1ccc(C(CC2CCC(=O)CC2)c2ccc(S(C)(=O)=O)cc2)nc1. The highest BCUT2D eigenvalue weighted by Gasteiger charge is 2.25. The predicted octanol–water partition coefficient (Wildman–Crippen LogP) is 4.07. The Labute approximate surface area is 155 Å². The van der Waals surface area contributed by atoms with Gasteiger partial charge in [0.05, 0.1) is 4.90 Å². The van der Waals surface area contributed by atoms with E-state index in [-0.39, 0.29) is 5.92 Å². The Morgan fingerprint density at radius 3 is 2.27 bits per heavy atom. The van der Waals surface area contributed by atoms with Gasteiger partial charge in [0.15, 0.2) is 9.84 Å². The van der Waals surface area contributed by atoms with Gasteiger partial charge in [-0.05, 0) is 61.4 Å². The second-order valence-corrected chi connectivity index (χ2v) is 9.39. The van der Waals surface area contributed by atoms with Crippen molar-refractivity contribution in [3.05, 3.63) is 59.4 Å². The molecule has 0 N–H and O–H groups in total. The summed E-state index contributed by atoms with van der Waals surface area (Å²) >= 11 is 0. The summed E-state index contributed by atoms with van der Waals surface area (Å²) in [4.78, 5) is 16.5. The Morgan fingerprint density at radius 1 is 1.08 bits per heavy atom. The van der Waals surface area contributed by atoms with Gasteiger partial charge in [0.2, 0.25) is 0 Å². The molecule has 26 heavy (non-hydrogen) atoms. The molecule has 1 fully saturated rings. The number of hydrogen-bond acceptors (Lipinski definition) is 4. The highest BCUT2D eigenvalue weighted by Crippen LogP contribution is 2.35. The molecule has 1 heterocycles. The zero-order chi connectivity index (χ0) is 18.7. The standard InChI is InChI=1S/C21H25NO3S/c1-15-3-12-21(22-14-15)20(13-16-4-8-18(23)9-5-16)17-6-10-19(11-7-17)26(2,24)25/h3,6-7,10-12,14,16,20H,4-5,8-9,13H2,1-2H3. The van der Waals surface area contributed by atoms with Gasteiger partial charge in [-0.2, -0.15) is 0 Å². The van der Waals surface area contributed by atoms with Gasteiger partial charge in [0.1, 0.15) is 5.78 Å². The van der Waals surface area contributed by atoms with Gasteiger partial charge in [-0.1, -0.05) is 18.2 Å². The summed E-state index contributed by atoms with van der Waals surface area (Å²) in [6.07, 6.45) is 7.24. The lowest BCUT2D eigenvalue weighted by Gasteiger charge is -2.26. The number of ketones is 1. The van der Waals surface area contributed by atoms with E-state index in [2.05, 4.69) is 17.1 Å². The number of carbonyl (C=O) groups excluding carboxylic acids is 1. The normalized spacial score (nSPS) is 17.2. The van der Waals surface area contributed by atoms with Crippen molar-refractivity contribution in [3.8, 4) is 0 Å². The first-order valence-corrected chi connectivity index (χ1v) is 11.0. The number of nitrogens with zero attached hydrogens (tertiary/aromatic N) is 1. The molecule has 4 nitrogen and oxygen atoms in total. The minimum atomic E-state index is -3.20. The van der Waals surface area contributed by atoms with Crippen LogP contribution in [0.3, 0.4) is 0 Å². The molecule has 1 aromatic carbocycles. The Balaban J connectivity index is 1.89. The Morgan fingerprint density at radius 2 is 1.73 bits per heavy atom. The zero-order valence-electron chi connectivity index (χ0n) is 15.3. The minimum Gasteiger partial charge on any atom is -0.300 e. The van der Waals surface area contributed by atoms with Crippen LogP contribution in [-0.2, 0) is 14.6 Å². The van der Waals surface area contributed by atoms with Crippen molar-refractivity contribution in [2.75, 3.05) is 6.26 Å². The molecule has 1 aliphatic rings. The summed E-state index contributed by atoms with van der Waals surface area (Å²) in [5.41, 5.74) is 3.19. The second-order valence-electron chi connectivity index (χ2n) is 7.37. The fourth-order valence-corrected chi connectivity index (χ4v) is 4.26. The molecule has 0 spiro atoms. The van der Waals surface area contributed by atoms with Crippen LogP contribution in [0, 0.1) is 12.8 Å². The fraction of sp³-hybridized carbons (Fsp3) is 0.429. The molecule has 1 aliphatic carbocycles. The number of hydrogen-bond donors (Lipinski definition) is 0. The maximum atomic E-state index is 11.7. The van der Waals surface area contributed by atoms with Crippen molar-refractivity contribution in [2.45, 2.75) is 49.8 Å². The van der Waals surface area contributed by atoms with Crippen LogP contribution in [0.1, 0.15) is 54.8 Å². The first kappa shape index (κ1) is 18.8. The van der Waals surface area contributed by atoms with Crippen LogP contribution in [0.4, 0.5) is 0 Å². The number of pyridine rings is 1. The molecular weight excluding hydrogens is 346 g/mol. The number of sulfone groups is 1. The second kappa shape index (κ2) is 7.70. The zero-order valence-corrected chi connectivity index (χ0v) is 16.1. The lowest BCUT2D eigenvalue weighted by Crippen LogP contribution is -2.17. The molecule has 1 atom stereocenters. The lowest BCUT2D eigenvalue weighted by molar-refractivity contribution is -0.121. The Hall–Kier alpha value is -2.01. The molecule has 0 aliphatic heterocycles. The van der Waals surface area contributed by atoms with Gasteiger partial charge < -0.3 is 0 Å². The molecule has 0 saturated heterocycles. The Kier molecular flexibility index (Phi) is 5.56. The molecule has 0 radical (unpaired) electrons. The van der Waals surface area contributed by atoms with Gasteiger partial charge >= 0.3 is 0 Å². The molecule has 1 saturated carbocycles. The van der Waals surface area contributed by atoms with E-state index in [1.807, 2.05) is 25.3 Å². The van der Waals surface area contributed by atoms with E-state index in [4.69, 9.17) is 0 Å². The third-order valence-electron chi connectivity index (χ3n) is 5.23. The largest absolute Gasteiger partial charge is 0.300 e. The van der Waals surface area contributed by atoms with Gasteiger partial charge in [-0.3, -0.25) is 9.78 Å². The first-order valence-electron chi connectivity index (χ1n) is 9.07. The fourth-order valence-electron chi connectivity index (χ4n) is 3.63. The van der Waals surface area contributed by atoms with Crippen LogP contribution in [-0.4, -0.2) is 25.4 Å². The smallest absolute Gasteiger partial charge is 0.175 e. The van der Waals surface area contributed by atoms with Gasteiger partial charge in [-0.25, -0.2) is 8.42 Å². The highest BCUT2D eigenvalue weighted by atomic mass is 32.2. The summed E-state index contributed by atoms with van der Waals surface area (Å²) in [5, 5.41) is 0. The van der Waals surface area contributed by atoms with Crippen molar-refractivity contribution in [2.24, 2.45) is 5.92 Å². The molecular formula is C21H25NO3S. The lowest BCUT2D eigenvalue weighted by atomic mass is 9.79. The molecule has 138 valence electrons. The number of aromatic nitrogens is 1. The van der Waals surface area contributed by atoms with Gasteiger partial charge in [0.25, 0.3) is 0 Å². The van der Waals surface area contributed by atoms with Crippen molar-refractivity contribution in [1.82, 2.24) is 4.98 Å². The van der Waals surface area contributed by atoms with Gasteiger partial charge in [0, 0.05) is 36.9 Å². The summed E-state index contributed by atoms with van der Waals surface area (Å²) in [6.45, 7) is 2.01. The average molecular weight is 372 g/mol. The maximum Gasteiger partial charge on any atom is 0.175 e. The number of rotatable bonds is 5. The van der Waals surface area contributed by atoms with E-state index in [0.717, 1.165) is 36.1 Å². The number of carbonyl (C=O) groups is 1. The van der Waals surface area contributed by atoms with Crippen LogP contribution in [0.25, 0.3) is 0 Å². The highest BCUT2D eigenvalue weighted by molar-refractivity contribution is 7.90. The van der Waals surface area contributed by atoms with E-state index in [1.165, 1.54) is 6.26 Å². The van der Waals surface area contributed by atoms with Crippen LogP contribution < -0.4 is 0 Å². The van der Waals surface area contributed by atoms with Crippen molar-refractivity contribution in [1.29, 1.82) is 0 Å². The average Bonchev–Trinajstić information content (AvgIpc) is 2.62. The van der Waals surface area contributed by atoms with E-state index in [0.29, 0.717) is 29.4 Å². The quantitative estimate of drug-likeness (QED) is 0.794.